The molecule has 1 aromatic carbocycles. The zero-order valence-electron chi connectivity index (χ0n) is 10.1. The monoisotopic (exact) mass is 265 g/mol. The van der Waals surface area contributed by atoms with Crippen LogP contribution in [0.2, 0.25) is 0 Å². The molecule has 0 amide bonds. The van der Waals surface area contributed by atoms with Crippen LogP contribution in [0, 0.1) is 11.3 Å². The molecule has 0 spiro atoms. The van der Waals surface area contributed by atoms with E-state index in [1.807, 2.05) is 0 Å². The second-order valence-electron chi connectivity index (χ2n) is 4.34. The molecule has 0 saturated heterocycles. The van der Waals surface area contributed by atoms with E-state index in [1.165, 1.54) is 11.2 Å². The van der Waals surface area contributed by atoms with Crippen LogP contribution in [0.25, 0.3) is 0 Å². The number of nitrogen functional groups attached to an aromatic ring is 1. The van der Waals surface area contributed by atoms with E-state index in [4.69, 9.17) is 11.0 Å². The molecule has 0 fully saturated rings. The molecule has 0 aliphatic carbocycles. The lowest BCUT2D eigenvalue weighted by Crippen LogP contribution is -2.40. The first-order chi connectivity index (χ1) is 8.48. The lowest BCUT2D eigenvalue weighted by atomic mass is 10.0. The van der Waals surface area contributed by atoms with E-state index >= 15 is 0 Å². The minimum atomic E-state index is -3.63. The molecule has 6 heteroatoms. The van der Waals surface area contributed by atoms with E-state index in [2.05, 4.69) is 0 Å². The number of hydrogen-bond acceptors (Lipinski definition) is 4. The van der Waals surface area contributed by atoms with E-state index < -0.39 is 15.3 Å². The molecule has 0 saturated carbocycles. The van der Waals surface area contributed by atoms with E-state index in [0.29, 0.717) is 17.9 Å². The van der Waals surface area contributed by atoms with Crippen LogP contribution in [-0.2, 0) is 16.4 Å². The van der Waals surface area contributed by atoms with E-state index in [9.17, 15) is 8.42 Å². The average Bonchev–Trinajstić information content (AvgIpc) is 2.37. The molecule has 0 bridgehead atoms. The molecule has 0 radical (unpaired) electrons. The summed E-state index contributed by atoms with van der Waals surface area (Å²) in [7, 11) is -3.63. The second kappa shape index (κ2) is 4.50. The van der Waals surface area contributed by atoms with Crippen molar-refractivity contribution in [2.75, 3.05) is 16.6 Å². The topological polar surface area (TPSA) is 87.2 Å². The van der Waals surface area contributed by atoms with Gasteiger partial charge in [0.15, 0.2) is 5.25 Å². The van der Waals surface area contributed by atoms with Gasteiger partial charge in [0.1, 0.15) is 0 Å². The number of nitrogens with zero attached hydrogens (tertiary/aromatic N) is 2. The highest BCUT2D eigenvalue weighted by atomic mass is 32.2. The summed E-state index contributed by atoms with van der Waals surface area (Å²) in [5.41, 5.74) is 7.95. The molecule has 0 aromatic heterocycles. The Balaban J connectivity index is 2.53. The van der Waals surface area contributed by atoms with Crippen LogP contribution in [0.3, 0.4) is 0 Å². The number of rotatable bonds is 2. The predicted molar refractivity (Wildman–Crippen MR) is 70.5 cm³/mol. The minimum Gasteiger partial charge on any atom is -0.398 e. The van der Waals surface area contributed by atoms with Crippen molar-refractivity contribution >= 4 is 21.4 Å². The lowest BCUT2D eigenvalue weighted by Gasteiger charge is -2.31. The van der Waals surface area contributed by atoms with Crippen LogP contribution in [-0.4, -0.2) is 20.2 Å². The number of hydrogen-bond donors (Lipinski definition) is 1. The number of anilines is 2. The van der Waals surface area contributed by atoms with Crippen molar-refractivity contribution in [2.45, 2.75) is 25.0 Å². The first-order valence-corrected chi connectivity index (χ1v) is 7.27. The fraction of sp³-hybridized carbons (Fsp3) is 0.417. The van der Waals surface area contributed by atoms with Crippen LogP contribution in [0.5, 0.6) is 0 Å². The third-order valence-corrected chi connectivity index (χ3v) is 5.17. The molecule has 1 unspecified atom stereocenters. The van der Waals surface area contributed by atoms with Gasteiger partial charge >= 0.3 is 0 Å². The SMILES string of the molecule is CC(C#N)S(=O)(=O)N1CCCc2c(N)cccc21. The molecule has 1 aromatic rings. The zero-order chi connectivity index (χ0) is 13.3. The summed E-state index contributed by atoms with van der Waals surface area (Å²) in [6.07, 6.45) is 1.49. The summed E-state index contributed by atoms with van der Waals surface area (Å²) in [6, 6.07) is 7.03. The molecule has 1 aliphatic heterocycles. The van der Waals surface area contributed by atoms with Gasteiger partial charge < -0.3 is 5.73 Å². The Morgan fingerprint density at radius 3 is 2.89 bits per heavy atom. The highest BCUT2D eigenvalue weighted by Crippen LogP contribution is 2.33. The van der Waals surface area contributed by atoms with Crippen LogP contribution < -0.4 is 10.0 Å². The highest BCUT2D eigenvalue weighted by molar-refractivity contribution is 7.93. The maximum atomic E-state index is 12.3. The molecule has 18 heavy (non-hydrogen) atoms. The fourth-order valence-corrected chi connectivity index (χ4v) is 3.48. The molecule has 5 nitrogen and oxygen atoms in total. The first-order valence-electron chi connectivity index (χ1n) is 5.77. The van der Waals surface area contributed by atoms with Gasteiger partial charge in [0.2, 0.25) is 0 Å². The summed E-state index contributed by atoms with van der Waals surface area (Å²) < 4.78 is 25.8. The standard InChI is InChI=1S/C12H15N3O2S/c1-9(8-13)18(16,17)15-7-3-4-10-11(14)5-2-6-12(10)15/h2,5-6,9H,3-4,7,14H2,1H3. The van der Waals surface area contributed by atoms with Gasteiger partial charge in [-0.25, -0.2) is 8.42 Å². The number of sulfonamides is 1. The van der Waals surface area contributed by atoms with Gasteiger partial charge in [-0.2, -0.15) is 5.26 Å². The Morgan fingerprint density at radius 2 is 2.22 bits per heavy atom. The summed E-state index contributed by atoms with van der Waals surface area (Å²) >= 11 is 0. The van der Waals surface area contributed by atoms with Crippen LogP contribution in [0.4, 0.5) is 11.4 Å². The smallest absolute Gasteiger partial charge is 0.251 e. The number of benzene rings is 1. The lowest BCUT2D eigenvalue weighted by molar-refractivity contribution is 0.582. The quantitative estimate of drug-likeness (QED) is 0.815. The van der Waals surface area contributed by atoms with Crippen molar-refractivity contribution in [1.82, 2.24) is 0 Å². The van der Waals surface area contributed by atoms with Crippen molar-refractivity contribution in [3.8, 4) is 6.07 Å². The molecule has 96 valence electrons. The van der Waals surface area contributed by atoms with Crippen LogP contribution in [0.1, 0.15) is 18.9 Å². The van der Waals surface area contributed by atoms with Crippen molar-refractivity contribution < 1.29 is 8.42 Å². The fourth-order valence-electron chi connectivity index (χ4n) is 2.14. The van der Waals surface area contributed by atoms with E-state index in [1.54, 1.807) is 24.3 Å². The summed E-state index contributed by atoms with van der Waals surface area (Å²) in [6.45, 7) is 1.81. The van der Waals surface area contributed by atoms with Crippen LogP contribution >= 0.6 is 0 Å². The third-order valence-electron chi connectivity index (χ3n) is 3.18. The van der Waals surface area contributed by atoms with Gasteiger partial charge in [0.25, 0.3) is 10.0 Å². The minimum absolute atomic E-state index is 0.408. The molecule has 2 N–H and O–H groups in total. The summed E-state index contributed by atoms with van der Waals surface area (Å²) in [5, 5.41) is 7.77. The molecule has 2 rings (SSSR count). The van der Waals surface area contributed by atoms with Gasteiger partial charge in [0, 0.05) is 12.2 Å². The molecule has 1 heterocycles. The third kappa shape index (κ3) is 1.91. The molecule has 1 atom stereocenters. The first kappa shape index (κ1) is 12.7. The summed E-state index contributed by atoms with van der Waals surface area (Å²) in [4.78, 5) is 0. The van der Waals surface area contributed by atoms with Gasteiger partial charge in [-0.05, 0) is 37.5 Å². The van der Waals surface area contributed by atoms with Gasteiger partial charge in [-0.15, -0.1) is 0 Å². The predicted octanol–water partition coefficient (Wildman–Crippen LogP) is 1.26. The maximum absolute atomic E-state index is 12.3. The van der Waals surface area contributed by atoms with Gasteiger partial charge in [0.05, 0.1) is 11.8 Å². The van der Waals surface area contributed by atoms with E-state index in [-0.39, 0.29) is 0 Å². The highest BCUT2D eigenvalue weighted by Gasteiger charge is 2.32. The number of nitriles is 1. The van der Waals surface area contributed by atoms with Gasteiger partial charge in [-0.3, -0.25) is 4.31 Å². The van der Waals surface area contributed by atoms with E-state index in [0.717, 1.165) is 18.4 Å². The Hall–Kier alpha value is -1.74. The summed E-state index contributed by atoms with van der Waals surface area (Å²) in [5.74, 6) is 0. The van der Waals surface area contributed by atoms with Gasteiger partial charge in [-0.1, -0.05) is 6.07 Å². The average molecular weight is 265 g/mol. The molecule has 1 aliphatic rings. The zero-order valence-corrected chi connectivity index (χ0v) is 10.9. The van der Waals surface area contributed by atoms with Crippen molar-refractivity contribution in [2.24, 2.45) is 0 Å². The molecular formula is C12H15N3O2S. The molecular weight excluding hydrogens is 250 g/mol. The Morgan fingerprint density at radius 1 is 1.50 bits per heavy atom. The van der Waals surface area contributed by atoms with Crippen molar-refractivity contribution in [3.05, 3.63) is 23.8 Å². The number of nitrogens with two attached hydrogens (primary N) is 1. The number of fused-ring (bicyclic) bond motifs is 1. The maximum Gasteiger partial charge on any atom is 0.251 e. The normalized spacial score (nSPS) is 16.8. The Bertz CT molecular complexity index is 604. The van der Waals surface area contributed by atoms with Crippen molar-refractivity contribution in [1.29, 1.82) is 5.26 Å². The Labute approximate surface area is 107 Å². The largest absolute Gasteiger partial charge is 0.398 e. The van der Waals surface area contributed by atoms with Crippen LogP contribution in [0.15, 0.2) is 18.2 Å². The second-order valence-corrected chi connectivity index (χ2v) is 6.51. The Kier molecular flexibility index (Phi) is 3.18. The van der Waals surface area contributed by atoms with Crippen molar-refractivity contribution in [3.63, 3.8) is 0 Å².